The molecule has 0 atom stereocenters. The number of nitrogens with zero attached hydrogens (tertiary/aromatic N) is 4. The Hall–Kier alpha value is -1.24. The maximum Gasteiger partial charge on any atom is 0.233 e. The zero-order valence-corrected chi connectivity index (χ0v) is 13.7. The Bertz CT molecular complexity index is 466. The van der Waals surface area contributed by atoms with Crippen molar-refractivity contribution in [3.05, 3.63) is 5.82 Å². The molecule has 1 amide bonds. The highest BCUT2D eigenvalue weighted by atomic mass is 32.2. The topological polar surface area (TPSA) is 77.0 Å². The molecule has 2 N–H and O–H groups in total. The normalized spacial score (nSPS) is 16.1. The smallest absolute Gasteiger partial charge is 0.233 e. The zero-order valence-electron chi connectivity index (χ0n) is 12.9. The molecule has 1 aromatic heterocycles. The van der Waals surface area contributed by atoms with Crippen molar-refractivity contribution in [1.29, 1.82) is 0 Å². The van der Waals surface area contributed by atoms with Gasteiger partial charge >= 0.3 is 0 Å². The van der Waals surface area contributed by atoms with Crippen LogP contribution in [0.25, 0.3) is 0 Å². The van der Waals surface area contributed by atoms with Gasteiger partial charge in [-0.05, 0) is 26.7 Å². The summed E-state index contributed by atoms with van der Waals surface area (Å²) >= 11 is 1.37. The molecule has 1 heterocycles. The lowest BCUT2D eigenvalue weighted by Crippen LogP contribution is -2.32. The molecule has 0 saturated heterocycles. The van der Waals surface area contributed by atoms with E-state index < -0.39 is 0 Å². The summed E-state index contributed by atoms with van der Waals surface area (Å²) in [4.78, 5) is 13.8. The van der Waals surface area contributed by atoms with E-state index in [-0.39, 0.29) is 5.91 Å². The monoisotopic (exact) mass is 311 g/mol. The number of thioether (sulfide) groups is 1. The van der Waals surface area contributed by atoms with E-state index in [1.54, 1.807) is 4.68 Å². The van der Waals surface area contributed by atoms with Crippen LogP contribution in [0, 0.1) is 0 Å². The van der Waals surface area contributed by atoms with Gasteiger partial charge in [0.15, 0.2) is 5.82 Å². The van der Waals surface area contributed by atoms with Gasteiger partial charge in [0.25, 0.3) is 0 Å². The van der Waals surface area contributed by atoms with Crippen molar-refractivity contribution < 1.29 is 4.79 Å². The van der Waals surface area contributed by atoms with Gasteiger partial charge in [-0.1, -0.05) is 31.0 Å². The average molecular weight is 311 g/mol. The highest BCUT2D eigenvalue weighted by Crippen LogP contribution is 2.32. The fourth-order valence-corrected chi connectivity index (χ4v) is 3.59. The van der Waals surface area contributed by atoms with Crippen molar-refractivity contribution in [2.45, 2.75) is 57.0 Å². The molecule has 7 heteroatoms. The number of amides is 1. The maximum atomic E-state index is 12.0. The molecule has 0 aromatic carbocycles. The number of aromatic nitrogens is 3. The van der Waals surface area contributed by atoms with Gasteiger partial charge in [-0.15, -0.1) is 10.2 Å². The molecule has 2 rings (SSSR count). The standard InChI is InChI=1S/C14H25N5OS/c1-3-18(4-2)12(20)10-21-14-17-16-13(19(14)15)11-8-6-5-7-9-11/h11H,3-10,15H2,1-2H3. The highest BCUT2D eigenvalue weighted by Gasteiger charge is 2.23. The number of nitrogen functional groups attached to an aromatic ring is 1. The van der Waals surface area contributed by atoms with Gasteiger partial charge in [0.1, 0.15) is 0 Å². The summed E-state index contributed by atoms with van der Waals surface area (Å²) in [6, 6.07) is 0. The predicted octanol–water partition coefficient (Wildman–Crippen LogP) is 2.00. The molecule has 118 valence electrons. The van der Waals surface area contributed by atoms with E-state index in [0.717, 1.165) is 31.8 Å². The number of nitrogens with two attached hydrogens (primary N) is 1. The second kappa shape index (κ2) is 7.68. The van der Waals surface area contributed by atoms with E-state index in [1.807, 2.05) is 18.7 Å². The quantitative estimate of drug-likeness (QED) is 0.642. The fraction of sp³-hybridized carbons (Fsp3) is 0.786. The van der Waals surface area contributed by atoms with Crippen molar-refractivity contribution in [3.8, 4) is 0 Å². The van der Waals surface area contributed by atoms with Crippen LogP contribution >= 0.6 is 11.8 Å². The van der Waals surface area contributed by atoms with Gasteiger partial charge < -0.3 is 10.7 Å². The third kappa shape index (κ3) is 3.90. The van der Waals surface area contributed by atoms with Crippen molar-refractivity contribution >= 4 is 17.7 Å². The Morgan fingerprint density at radius 2 is 1.95 bits per heavy atom. The molecule has 0 bridgehead atoms. The van der Waals surface area contributed by atoms with Gasteiger partial charge in [0, 0.05) is 19.0 Å². The molecule has 0 aliphatic heterocycles. The largest absolute Gasteiger partial charge is 0.343 e. The van der Waals surface area contributed by atoms with Crippen molar-refractivity contribution in [2.24, 2.45) is 0 Å². The Balaban J connectivity index is 1.95. The van der Waals surface area contributed by atoms with Crippen molar-refractivity contribution in [3.63, 3.8) is 0 Å². The number of carbonyl (C=O) groups excluding carboxylic acids is 1. The van der Waals surface area contributed by atoms with Gasteiger partial charge in [-0.2, -0.15) is 0 Å². The van der Waals surface area contributed by atoms with E-state index in [4.69, 9.17) is 5.84 Å². The van der Waals surface area contributed by atoms with Crippen LogP contribution in [-0.4, -0.2) is 44.5 Å². The summed E-state index contributed by atoms with van der Waals surface area (Å²) in [5.41, 5.74) is 0. The van der Waals surface area contributed by atoms with Crippen LogP contribution in [0.1, 0.15) is 57.7 Å². The average Bonchev–Trinajstić information content (AvgIpc) is 2.88. The van der Waals surface area contributed by atoms with Gasteiger partial charge in [0.05, 0.1) is 5.75 Å². The number of carbonyl (C=O) groups is 1. The van der Waals surface area contributed by atoms with Gasteiger partial charge in [0.2, 0.25) is 11.1 Å². The van der Waals surface area contributed by atoms with E-state index in [9.17, 15) is 4.79 Å². The first-order chi connectivity index (χ1) is 10.2. The SMILES string of the molecule is CCN(CC)C(=O)CSc1nnc(C2CCCCC2)n1N. The summed E-state index contributed by atoms with van der Waals surface area (Å²) < 4.78 is 1.58. The number of hydrogen-bond donors (Lipinski definition) is 1. The fourth-order valence-electron chi connectivity index (χ4n) is 2.82. The Labute approximate surface area is 130 Å². The minimum atomic E-state index is 0.118. The molecule has 1 fully saturated rings. The van der Waals surface area contributed by atoms with Gasteiger partial charge in [-0.3, -0.25) is 4.79 Å². The third-order valence-corrected chi connectivity index (χ3v) is 5.03. The Morgan fingerprint density at radius 3 is 2.57 bits per heavy atom. The van der Waals surface area contributed by atoms with Gasteiger partial charge in [-0.25, -0.2) is 4.68 Å². The number of hydrogen-bond acceptors (Lipinski definition) is 5. The van der Waals surface area contributed by atoms with Crippen LogP contribution < -0.4 is 5.84 Å². The molecule has 1 aliphatic carbocycles. The molecule has 1 saturated carbocycles. The van der Waals surface area contributed by atoms with Crippen LogP contribution in [0.15, 0.2) is 5.16 Å². The molecule has 0 unspecified atom stereocenters. The van der Waals surface area contributed by atoms with Crippen LogP contribution in [0.3, 0.4) is 0 Å². The summed E-state index contributed by atoms with van der Waals surface area (Å²) in [6.07, 6.45) is 6.05. The molecular formula is C14H25N5OS. The molecule has 0 spiro atoms. The van der Waals surface area contributed by atoms with Crippen LogP contribution in [0.2, 0.25) is 0 Å². The first kappa shape index (κ1) is 16.1. The second-order valence-corrected chi connectivity index (χ2v) is 6.34. The predicted molar refractivity (Wildman–Crippen MR) is 84.7 cm³/mol. The lowest BCUT2D eigenvalue weighted by molar-refractivity contribution is -0.127. The minimum absolute atomic E-state index is 0.118. The minimum Gasteiger partial charge on any atom is -0.343 e. The second-order valence-electron chi connectivity index (χ2n) is 5.40. The van der Waals surface area contributed by atoms with Crippen LogP contribution in [0.4, 0.5) is 0 Å². The maximum absolute atomic E-state index is 12.0. The van der Waals surface area contributed by atoms with Crippen molar-refractivity contribution in [2.75, 3.05) is 24.7 Å². The summed E-state index contributed by atoms with van der Waals surface area (Å²) in [7, 11) is 0. The molecular weight excluding hydrogens is 286 g/mol. The molecule has 6 nitrogen and oxygen atoms in total. The first-order valence-electron chi connectivity index (χ1n) is 7.78. The lowest BCUT2D eigenvalue weighted by atomic mass is 9.89. The van der Waals surface area contributed by atoms with E-state index in [0.29, 0.717) is 16.8 Å². The lowest BCUT2D eigenvalue weighted by Gasteiger charge is -2.20. The third-order valence-electron chi connectivity index (χ3n) is 4.10. The van der Waals surface area contributed by atoms with E-state index in [1.165, 1.54) is 31.0 Å². The highest BCUT2D eigenvalue weighted by molar-refractivity contribution is 7.99. The Kier molecular flexibility index (Phi) is 5.90. The van der Waals surface area contributed by atoms with Crippen LogP contribution in [-0.2, 0) is 4.79 Å². The Morgan fingerprint density at radius 1 is 1.29 bits per heavy atom. The van der Waals surface area contributed by atoms with Crippen molar-refractivity contribution in [1.82, 2.24) is 19.8 Å². The first-order valence-corrected chi connectivity index (χ1v) is 8.76. The summed E-state index contributed by atoms with van der Waals surface area (Å²) in [5, 5.41) is 9.03. The van der Waals surface area contributed by atoms with E-state index in [2.05, 4.69) is 10.2 Å². The molecule has 1 aliphatic rings. The molecule has 0 radical (unpaired) electrons. The van der Waals surface area contributed by atoms with Crippen LogP contribution in [0.5, 0.6) is 0 Å². The molecule has 21 heavy (non-hydrogen) atoms. The summed E-state index contributed by atoms with van der Waals surface area (Å²) in [5.74, 6) is 7.88. The number of rotatable bonds is 6. The molecule has 1 aromatic rings. The zero-order chi connectivity index (χ0) is 15.2. The van der Waals surface area contributed by atoms with E-state index >= 15 is 0 Å². The summed E-state index contributed by atoms with van der Waals surface area (Å²) in [6.45, 7) is 5.44.